The lowest BCUT2D eigenvalue weighted by molar-refractivity contribution is -0.152. The Morgan fingerprint density at radius 1 is 1.11 bits per heavy atom. The zero-order valence-corrected chi connectivity index (χ0v) is 16.3. The Labute approximate surface area is 164 Å². The zero-order chi connectivity index (χ0) is 20.0. The fraction of sp³-hybridized carbons (Fsp3) is 0.364. The largest absolute Gasteiger partial charge is 0.478 e. The second kappa shape index (κ2) is 8.89. The number of aromatic nitrogens is 1. The van der Waals surface area contributed by atoms with E-state index in [1.165, 1.54) is 19.4 Å². The zero-order valence-electron chi connectivity index (χ0n) is 16.3. The Morgan fingerprint density at radius 3 is 2.57 bits per heavy atom. The smallest absolute Gasteiger partial charge is 0.347 e. The number of aliphatic carboxylic acids is 1. The van der Waals surface area contributed by atoms with Crippen molar-refractivity contribution in [3.63, 3.8) is 0 Å². The molecule has 0 unspecified atom stereocenters. The average Bonchev–Trinajstić information content (AvgIpc) is 3.08. The first kappa shape index (κ1) is 19.9. The minimum absolute atomic E-state index is 0.558. The van der Waals surface area contributed by atoms with Crippen molar-refractivity contribution < 1.29 is 19.1 Å². The van der Waals surface area contributed by atoms with Crippen molar-refractivity contribution in [3.05, 3.63) is 60.0 Å². The van der Waals surface area contributed by atoms with Crippen LogP contribution < -0.4 is 10.1 Å². The SMILES string of the molecule is CC(C)(Oc1ccc(CCNCCCc2nc3ccccc3o2)cc1)C(=O)O. The van der Waals surface area contributed by atoms with Gasteiger partial charge in [0.2, 0.25) is 0 Å². The molecule has 1 heterocycles. The number of carboxylic acids is 1. The molecule has 0 aliphatic rings. The van der Waals surface area contributed by atoms with Crippen LogP contribution in [0, 0.1) is 0 Å². The van der Waals surface area contributed by atoms with Crippen LogP contribution in [-0.2, 0) is 17.6 Å². The summed E-state index contributed by atoms with van der Waals surface area (Å²) in [5.41, 5.74) is 1.68. The molecule has 2 aromatic carbocycles. The van der Waals surface area contributed by atoms with E-state index < -0.39 is 11.6 Å². The second-order valence-corrected chi connectivity index (χ2v) is 7.24. The summed E-state index contributed by atoms with van der Waals surface area (Å²) in [6.45, 7) is 4.84. The predicted octanol–water partition coefficient (Wildman–Crippen LogP) is 3.83. The van der Waals surface area contributed by atoms with Gasteiger partial charge in [-0.3, -0.25) is 0 Å². The van der Waals surface area contributed by atoms with Gasteiger partial charge >= 0.3 is 5.97 Å². The van der Waals surface area contributed by atoms with Crippen molar-refractivity contribution in [2.75, 3.05) is 13.1 Å². The summed E-state index contributed by atoms with van der Waals surface area (Å²) < 4.78 is 11.2. The van der Waals surface area contributed by atoms with Crippen LogP contribution >= 0.6 is 0 Å². The number of hydrogen-bond acceptors (Lipinski definition) is 5. The Bertz CT molecular complexity index is 883. The van der Waals surface area contributed by atoms with E-state index in [1.807, 2.05) is 48.5 Å². The molecule has 6 heteroatoms. The van der Waals surface area contributed by atoms with Gasteiger partial charge in [0, 0.05) is 6.42 Å². The highest BCUT2D eigenvalue weighted by Crippen LogP contribution is 2.19. The summed E-state index contributed by atoms with van der Waals surface area (Å²) in [6, 6.07) is 15.4. The van der Waals surface area contributed by atoms with Crippen LogP contribution in [0.5, 0.6) is 5.75 Å². The minimum atomic E-state index is -1.24. The first-order chi connectivity index (χ1) is 13.4. The average molecular weight is 382 g/mol. The van der Waals surface area contributed by atoms with Gasteiger partial charge in [0.1, 0.15) is 11.3 Å². The standard InChI is InChI=1S/C22H26N2O4/c1-22(2,21(25)26)28-17-11-9-16(10-12-17)13-15-23-14-5-8-20-24-18-6-3-4-7-19(18)27-20/h3-4,6-7,9-12,23H,5,8,13-15H2,1-2H3,(H,25,26). The normalized spacial score (nSPS) is 11.6. The van der Waals surface area contributed by atoms with Crippen LogP contribution in [0.2, 0.25) is 0 Å². The molecule has 3 aromatic rings. The number of fused-ring (bicyclic) bond motifs is 1. The van der Waals surface area contributed by atoms with Crippen molar-refractivity contribution in [1.29, 1.82) is 0 Å². The Morgan fingerprint density at radius 2 is 1.86 bits per heavy atom. The Kier molecular flexibility index (Phi) is 6.31. The molecule has 0 aliphatic carbocycles. The van der Waals surface area contributed by atoms with Gasteiger partial charge < -0.3 is 19.6 Å². The number of oxazole rings is 1. The summed E-state index contributed by atoms with van der Waals surface area (Å²) in [7, 11) is 0. The van der Waals surface area contributed by atoms with E-state index in [9.17, 15) is 4.79 Å². The molecule has 28 heavy (non-hydrogen) atoms. The third kappa shape index (κ3) is 5.33. The van der Waals surface area contributed by atoms with Crippen LogP contribution in [-0.4, -0.2) is 34.8 Å². The van der Waals surface area contributed by atoms with Crippen LogP contribution in [0.15, 0.2) is 52.9 Å². The van der Waals surface area contributed by atoms with Crippen LogP contribution in [0.3, 0.4) is 0 Å². The van der Waals surface area contributed by atoms with Gasteiger partial charge in [-0.2, -0.15) is 0 Å². The molecule has 0 amide bonds. The third-order valence-electron chi connectivity index (χ3n) is 4.48. The number of rotatable bonds is 10. The Balaban J connectivity index is 1.35. The van der Waals surface area contributed by atoms with Gasteiger partial charge in [0.05, 0.1) is 0 Å². The van der Waals surface area contributed by atoms with Gasteiger partial charge in [-0.1, -0.05) is 24.3 Å². The second-order valence-electron chi connectivity index (χ2n) is 7.24. The fourth-order valence-corrected chi connectivity index (χ4v) is 2.81. The highest BCUT2D eigenvalue weighted by atomic mass is 16.5. The monoisotopic (exact) mass is 382 g/mol. The van der Waals surface area contributed by atoms with Crippen LogP contribution in [0.25, 0.3) is 11.1 Å². The van der Waals surface area contributed by atoms with Gasteiger partial charge in [-0.25, -0.2) is 9.78 Å². The Hall–Kier alpha value is -2.86. The molecule has 6 nitrogen and oxygen atoms in total. The summed E-state index contributed by atoms with van der Waals surface area (Å²) in [5, 5.41) is 12.5. The van der Waals surface area contributed by atoms with E-state index in [0.29, 0.717) is 5.75 Å². The maximum Gasteiger partial charge on any atom is 0.347 e. The van der Waals surface area contributed by atoms with Gasteiger partial charge in [-0.05, 0) is 69.6 Å². The molecule has 0 radical (unpaired) electrons. The van der Waals surface area contributed by atoms with Gasteiger partial charge in [-0.15, -0.1) is 0 Å². The lowest BCUT2D eigenvalue weighted by Crippen LogP contribution is -2.37. The highest BCUT2D eigenvalue weighted by Gasteiger charge is 2.29. The number of nitrogens with zero attached hydrogens (tertiary/aromatic N) is 1. The molecular weight excluding hydrogens is 356 g/mol. The topological polar surface area (TPSA) is 84.6 Å². The first-order valence-corrected chi connectivity index (χ1v) is 9.50. The molecule has 0 spiro atoms. The van der Waals surface area contributed by atoms with Crippen LogP contribution in [0.1, 0.15) is 31.7 Å². The van der Waals surface area contributed by atoms with Crippen molar-refractivity contribution in [2.24, 2.45) is 0 Å². The van der Waals surface area contributed by atoms with Gasteiger partial charge in [0.25, 0.3) is 0 Å². The number of nitrogens with one attached hydrogen (secondary N) is 1. The molecule has 0 aliphatic heterocycles. The fourth-order valence-electron chi connectivity index (χ4n) is 2.81. The number of aryl methyl sites for hydroxylation is 1. The highest BCUT2D eigenvalue weighted by molar-refractivity contribution is 5.76. The number of carbonyl (C=O) groups is 1. The number of ether oxygens (including phenoxy) is 1. The van der Waals surface area contributed by atoms with E-state index >= 15 is 0 Å². The molecule has 2 N–H and O–H groups in total. The number of benzene rings is 2. The molecule has 0 saturated heterocycles. The lowest BCUT2D eigenvalue weighted by Gasteiger charge is -2.21. The molecule has 3 rings (SSSR count). The predicted molar refractivity (Wildman–Crippen MR) is 108 cm³/mol. The molecule has 148 valence electrons. The van der Waals surface area contributed by atoms with E-state index in [1.54, 1.807) is 0 Å². The molecule has 1 aromatic heterocycles. The summed E-state index contributed by atoms with van der Waals surface area (Å²) in [5.74, 6) is 0.351. The molecule has 0 saturated carbocycles. The molecular formula is C22H26N2O4. The summed E-state index contributed by atoms with van der Waals surface area (Å²) >= 11 is 0. The van der Waals surface area contributed by atoms with E-state index in [4.69, 9.17) is 14.3 Å². The van der Waals surface area contributed by atoms with E-state index in [2.05, 4.69) is 10.3 Å². The van der Waals surface area contributed by atoms with Crippen LogP contribution in [0.4, 0.5) is 0 Å². The quantitative estimate of drug-likeness (QED) is 0.518. The van der Waals surface area contributed by atoms with Gasteiger partial charge in [0.15, 0.2) is 17.1 Å². The molecule has 0 fully saturated rings. The van der Waals surface area contributed by atoms with Crippen molar-refractivity contribution in [3.8, 4) is 5.75 Å². The lowest BCUT2D eigenvalue weighted by atomic mass is 10.1. The summed E-state index contributed by atoms with van der Waals surface area (Å²) in [6.07, 6.45) is 2.67. The maximum atomic E-state index is 11.1. The molecule has 0 atom stereocenters. The number of para-hydroxylation sites is 2. The maximum absolute atomic E-state index is 11.1. The third-order valence-corrected chi connectivity index (χ3v) is 4.48. The van der Waals surface area contributed by atoms with Crippen molar-refractivity contribution >= 4 is 17.1 Å². The van der Waals surface area contributed by atoms with E-state index in [0.717, 1.165) is 49.3 Å². The summed E-state index contributed by atoms with van der Waals surface area (Å²) in [4.78, 5) is 15.6. The van der Waals surface area contributed by atoms with E-state index in [-0.39, 0.29) is 0 Å². The minimum Gasteiger partial charge on any atom is -0.478 e. The van der Waals surface area contributed by atoms with Crippen molar-refractivity contribution in [1.82, 2.24) is 10.3 Å². The van der Waals surface area contributed by atoms with Crippen molar-refractivity contribution in [2.45, 2.75) is 38.7 Å². The first-order valence-electron chi connectivity index (χ1n) is 9.50. The number of hydrogen-bond donors (Lipinski definition) is 2. The number of carboxylic acid groups (broad SMARTS) is 1. The molecule has 0 bridgehead atoms.